The molecule has 0 saturated heterocycles. The largest absolute Gasteiger partial charge is 0.398 e. The van der Waals surface area contributed by atoms with Crippen LogP contribution in [0.5, 0.6) is 0 Å². The highest BCUT2D eigenvalue weighted by Crippen LogP contribution is 2.22. The van der Waals surface area contributed by atoms with Crippen molar-refractivity contribution in [3.05, 3.63) is 59.7 Å². The molecule has 1 atom stereocenters. The van der Waals surface area contributed by atoms with Crippen molar-refractivity contribution in [2.75, 3.05) is 30.5 Å². The van der Waals surface area contributed by atoms with Crippen molar-refractivity contribution in [2.24, 2.45) is 5.73 Å². The molecule has 0 heterocycles. The molecule has 2 rings (SSSR count). The molecule has 122 valence electrons. The summed E-state index contributed by atoms with van der Waals surface area (Å²) >= 11 is 1.66. The van der Waals surface area contributed by atoms with Crippen LogP contribution in [0.25, 0.3) is 0 Å². The number of rotatable bonds is 7. The van der Waals surface area contributed by atoms with Crippen LogP contribution < -0.4 is 16.4 Å². The number of Topliss-reactive ketones (excluding diaryl/α,β-unsaturated/α-hetero) is 1. The Morgan fingerprint density at radius 1 is 1.17 bits per heavy atom. The minimum absolute atomic E-state index is 0.105. The van der Waals surface area contributed by atoms with Crippen LogP contribution in [0.15, 0.2) is 48.5 Å². The highest BCUT2D eigenvalue weighted by atomic mass is 32.2. The van der Waals surface area contributed by atoms with Gasteiger partial charge in [-0.05, 0) is 23.8 Å². The fourth-order valence-electron chi connectivity index (χ4n) is 2.19. The Morgan fingerprint density at radius 3 is 2.52 bits per heavy atom. The normalized spacial score (nSPS) is 12.0. The molecule has 0 amide bonds. The van der Waals surface area contributed by atoms with Crippen LogP contribution in [0.3, 0.4) is 0 Å². The van der Waals surface area contributed by atoms with Gasteiger partial charge < -0.3 is 16.4 Å². The maximum Gasteiger partial charge on any atom is 0.182 e. The van der Waals surface area contributed by atoms with Gasteiger partial charge in [-0.3, -0.25) is 4.79 Å². The lowest BCUT2D eigenvalue weighted by Crippen LogP contribution is -2.33. The fraction of sp³-hybridized carbons (Fsp3) is 0.278. The Labute approximate surface area is 141 Å². The molecule has 2 aromatic rings. The zero-order valence-corrected chi connectivity index (χ0v) is 14.3. The van der Waals surface area contributed by atoms with E-state index in [1.54, 1.807) is 23.9 Å². The molecule has 0 radical (unpaired) electrons. The first kappa shape index (κ1) is 17.4. The number of carbonyl (C=O) groups is 1. The van der Waals surface area contributed by atoms with Gasteiger partial charge in [0.15, 0.2) is 5.78 Å². The van der Waals surface area contributed by atoms with E-state index in [0.717, 1.165) is 11.4 Å². The average molecular weight is 329 g/mol. The first-order chi connectivity index (χ1) is 11.0. The van der Waals surface area contributed by atoms with Gasteiger partial charge in [-0.15, -0.1) is 0 Å². The lowest BCUT2D eigenvalue weighted by atomic mass is 10.0. The van der Waals surface area contributed by atoms with Gasteiger partial charge in [-0.25, -0.2) is 0 Å². The third-order valence-corrected chi connectivity index (χ3v) is 4.70. The van der Waals surface area contributed by atoms with E-state index in [9.17, 15) is 4.79 Å². The zero-order chi connectivity index (χ0) is 16.8. The minimum atomic E-state index is -0.552. The van der Waals surface area contributed by atoms with E-state index in [0.29, 0.717) is 17.0 Å². The summed E-state index contributed by atoms with van der Waals surface area (Å²) in [5, 5.41) is 0. The molecule has 4 nitrogen and oxygen atoms in total. The number of nitrogens with two attached hydrogens (primary N) is 2. The number of hydrogen-bond acceptors (Lipinski definition) is 5. The minimum Gasteiger partial charge on any atom is -0.398 e. The van der Waals surface area contributed by atoms with Crippen molar-refractivity contribution in [3.63, 3.8) is 0 Å². The summed E-state index contributed by atoms with van der Waals surface area (Å²) in [6, 6.07) is 15.0. The van der Waals surface area contributed by atoms with Gasteiger partial charge in [-0.1, -0.05) is 30.3 Å². The summed E-state index contributed by atoms with van der Waals surface area (Å²) in [5.74, 6) is 1.31. The summed E-state index contributed by atoms with van der Waals surface area (Å²) < 4.78 is 0. The van der Waals surface area contributed by atoms with E-state index in [1.807, 2.05) is 43.3 Å². The molecule has 0 fully saturated rings. The van der Waals surface area contributed by atoms with Gasteiger partial charge in [0.05, 0.1) is 6.04 Å². The monoisotopic (exact) mass is 329 g/mol. The molecule has 0 spiro atoms. The molecule has 2 aromatic carbocycles. The molecule has 4 N–H and O–H groups in total. The van der Waals surface area contributed by atoms with Crippen LogP contribution >= 0.6 is 11.8 Å². The van der Waals surface area contributed by atoms with Crippen LogP contribution in [-0.2, 0) is 5.75 Å². The zero-order valence-electron chi connectivity index (χ0n) is 13.5. The first-order valence-electron chi connectivity index (χ1n) is 7.47. The number of benzene rings is 2. The molecular formula is C18H23N3OS. The standard InChI is InChI=1S/C18H23N3OS/c1-21(2)14-8-9-16(19)15(10-14)18(22)17(20)12-23-11-13-6-4-3-5-7-13/h3-10,17H,11-12,19-20H2,1-2H3/t17-/m0/s1. The quantitative estimate of drug-likeness (QED) is 0.604. The van der Waals surface area contributed by atoms with Crippen LogP contribution in [0.4, 0.5) is 11.4 Å². The lowest BCUT2D eigenvalue weighted by molar-refractivity contribution is 0.0970. The maximum absolute atomic E-state index is 12.5. The van der Waals surface area contributed by atoms with E-state index in [2.05, 4.69) is 12.1 Å². The highest BCUT2D eigenvalue weighted by Gasteiger charge is 2.19. The molecule has 0 aromatic heterocycles. The Morgan fingerprint density at radius 2 is 1.87 bits per heavy atom. The van der Waals surface area contributed by atoms with Crippen molar-refractivity contribution in [1.82, 2.24) is 0 Å². The van der Waals surface area contributed by atoms with Gasteiger partial charge in [0.2, 0.25) is 0 Å². The number of hydrogen-bond donors (Lipinski definition) is 2. The summed E-state index contributed by atoms with van der Waals surface area (Å²) in [4.78, 5) is 14.5. The molecule has 0 saturated carbocycles. The second kappa shape index (κ2) is 8.04. The lowest BCUT2D eigenvalue weighted by Gasteiger charge is -2.17. The van der Waals surface area contributed by atoms with Crippen LogP contribution in [0.2, 0.25) is 0 Å². The number of ketones is 1. The van der Waals surface area contributed by atoms with Gasteiger partial charge >= 0.3 is 0 Å². The topological polar surface area (TPSA) is 72.3 Å². The maximum atomic E-state index is 12.5. The highest BCUT2D eigenvalue weighted by molar-refractivity contribution is 7.98. The molecule has 0 bridgehead atoms. The Balaban J connectivity index is 1.98. The second-order valence-electron chi connectivity index (χ2n) is 5.64. The number of nitrogen functional groups attached to an aromatic ring is 1. The molecule has 5 heteroatoms. The van der Waals surface area contributed by atoms with Gasteiger partial charge in [-0.2, -0.15) is 11.8 Å². The summed E-state index contributed by atoms with van der Waals surface area (Å²) in [6.07, 6.45) is 0. The first-order valence-corrected chi connectivity index (χ1v) is 8.63. The van der Waals surface area contributed by atoms with E-state index < -0.39 is 6.04 Å². The Kier molecular flexibility index (Phi) is 6.07. The van der Waals surface area contributed by atoms with Crippen molar-refractivity contribution >= 4 is 28.9 Å². The SMILES string of the molecule is CN(C)c1ccc(N)c(C(=O)[C@@H](N)CSCc2ccccc2)c1. The van der Waals surface area contributed by atoms with Crippen molar-refractivity contribution < 1.29 is 4.79 Å². The van der Waals surface area contributed by atoms with E-state index >= 15 is 0 Å². The smallest absolute Gasteiger partial charge is 0.182 e. The third kappa shape index (κ3) is 4.74. The molecule has 0 unspecified atom stereocenters. The predicted molar refractivity (Wildman–Crippen MR) is 100 cm³/mol. The van der Waals surface area contributed by atoms with Crippen molar-refractivity contribution in [1.29, 1.82) is 0 Å². The van der Waals surface area contributed by atoms with E-state index in [1.165, 1.54) is 5.56 Å². The average Bonchev–Trinajstić information content (AvgIpc) is 2.55. The summed E-state index contributed by atoms with van der Waals surface area (Å²) in [5.41, 5.74) is 15.2. The Hall–Kier alpha value is -1.98. The number of nitrogens with zero attached hydrogens (tertiary/aromatic N) is 1. The van der Waals surface area contributed by atoms with Crippen LogP contribution in [0, 0.1) is 0 Å². The molecule has 23 heavy (non-hydrogen) atoms. The molecule has 0 aliphatic heterocycles. The summed E-state index contributed by atoms with van der Waals surface area (Å²) in [7, 11) is 3.85. The second-order valence-corrected chi connectivity index (χ2v) is 6.67. The third-order valence-electron chi connectivity index (χ3n) is 3.56. The molecular weight excluding hydrogens is 306 g/mol. The van der Waals surface area contributed by atoms with Crippen molar-refractivity contribution in [3.8, 4) is 0 Å². The summed E-state index contributed by atoms with van der Waals surface area (Å²) in [6.45, 7) is 0. The van der Waals surface area contributed by atoms with E-state index in [4.69, 9.17) is 11.5 Å². The van der Waals surface area contributed by atoms with Crippen LogP contribution in [0.1, 0.15) is 15.9 Å². The number of anilines is 2. The Bertz CT molecular complexity index is 659. The number of carbonyl (C=O) groups excluding carboxylic acids is 1. The predicted octanol–water partition coefficient (Wildman–Crippen LogP) is 2.78. The molecule has 0 aliphatic rings. The van der Waals surface area contributed by atoms with E-state index in [-0.39, 0.29) is 5.78 Å². The van der Waals surface area contributed by atoms with Gasteiger partial charge in [0.25, 0.3) is 0 Å². The van der Waals surface area contributed by atoms with Gasteiger partial charge in [0.1, 0.15) is 0 Å². The molecule has 0 aliphatic carbocycles. The number of thioether (sulfide) groups is 1. The van der Waals surface area contributed by atoms with Gasteiger partial charge in [0, 0.05) is 42.5 Å². The van der Waals surface area contributed by atoms with Crippen LogP contribution in [-0.4, -0.2) is 31.7 Å². The van der Waals surface area contributed by atoms with Crippen molar-refractivity contribution in [2.45, 2.75) is 11.8 Å². The fourth-order valence-corrected chi connectivity index (χ4v) is 3.14.